The third-order valence-electron chi connectivity index (χ3n) is 8.10. The van der Waals surface area contributed by atoms with Gasteiger partial charge in [-0.25, -0.2) is 31.9 Å². The second kappa shape index (κ2) is 9.49. The SMILES string of the molecule is C[C@H]1CC[C@H](n2cc(NC(=O)c3cnn4ccc(N5C(=O)N[C@@H]6[C@H]5CCCC6(F)F)nc34)c(C(F)F)n2)CC1. The van der Waals surface area contributed by atoms with Gasteiger partial charge in [-0.15, -0.1) is 0 Å². The summed E-state index contributed by atoms with van der Waals surface area (Å²) in [5.74, 6) is -3.11. The predicted octanol–water partition coefficient (Wildman–Crippen LogP) is 4.95. The van der Waals surface area contributed by atoms with E-state index in [4.69, 9.17) is 0 Å². The van der Waals surface area contributed by atoms with Crippen molar-refractivity contribution in [1.82, 2.24) is 29.7 Å². The summed E-state index contributed by atoms with van der Waals surface area (Å²) in [6.45, 7) is 2.16. The van der Waals surface area contributed by atoms with Gasteiger partial charge >= 0.3 is 6.03 Å². The van der Waals surface area contributed by atoms with E-state index in [1.54, 1.807) is 0 Å². The topological polar surface area (TPSA) is 109 Å². The highest BCUT2D eigenvalue weighted by atomic mass is 19.3. The van der Waals surface area contributed by atoms with E-state index in [1.807, 2.05) is 0 Å². The fourth-order valence-corrected chi connectivity index (χ4v) is 5.96. The lowest BCUT2D eigenvalue weighted by molar-refractivity contribution is -0.0595. The fourth-order valence-electron chi connectivity index (χ4n) is 5.96. The highest BCUT2D eigenvalue weighted by Crippen LogP contribution is 2.40. The van der Waals surface area contributed by atoms with Gasteiger partial charge in [0.25, 0.3) is 18.3 Å². The summed E-state index contributed by atoms with van der Waals surface area (Å²) >= 11 is 0. The van der Waals surface area contributed by atoms with Crippen LogP contribution in [0.1, 0.15) is 80.4 Å². The molecule has 3 aromatic rings. The maximum absolute atomic E-state index is 14.4. The lowest BCUT2D eigenvalue weighted by atomic mass is 9.87. The molecule has 2 N–H and O–H groups in total. The molecule has 0 unspecified atom stereocenters. The minimum Gasteiger partial charge on any atom is -0.327 e. The predicted molar refractivity (Wildman–Crippen MR) is 132 cm³/mol. The molecule has 2 atom stereocenters. The van der Waals surface area contributed by atoms with Crippen LogP contribution in [0.5, 0.6) is 0 Å². The summed E-state index contributed by atoms with van der Waals surface area (Å²) in [4.78, 5) is 31.5. The second-order valence-electron chi connectivity index (χ2n) is 10.7. The summed E-state index contributed by atoms with van der Waals surface area (Å²) in [7, 11) is 0. The van der Waals surface area contributed by atoms with Gasteiger partial charge < -0.3 is 10.6 Å². The molecular weight excluding hydrogens is 520 g/mol. The Morgan fingerprint density at radius 2 is 1.97 bits per heavy atom. The molecule has 0 bridgehead atoms. The summed E-state index contributed by atoms with van der Waals surface area (Å²) in [6, 6.07) is -1.38. The number of rotatable bonds is 5. The van der Waals surface area contributed by atoms with E-state index in [9.17, 15) is 27.2 Å². The zero-order chi connectivity index (χ0) is 27.5. The van der Waals surface area contributed by atoms with Crippen molar-refractivity contribution >= 4 is 29.1 Å². The quantitative estimate of drug-likeness (QED) is 0.439. The fraction of sp³-hybridized carbons (Fsp3) is 0.560. The van der Waals surface area contributed by atoms with Crippen LogP contribution in [0.2, 0.25) is 0 Å². The van der Waals surface area contributed by atoms with E-state index >= 15 is 0 Å². The van der Waals surface area contributed by atoms with Crippen LogP contribution in [-0.2, 0) is 0 Å². The number of alkyl halides is 4. The molecule has 208 valence electrons. The summed E-state index contributed by atoms with van der Waals surface area (Å²) in [6.07, 6.45) is 5.13. The molecule has 39 heavy (non-hydrogen) atoms. The molecule has 1 aliphatic heterocycles. The number of aromatic nitrogens is 5. The minimum absolute atomic E-state index is 0.0202. The molecule has 3 amide bonds. The van der Waals surface area contributed by atoms with Gasteiger partial charge in [0, 0.05) is 18.8 Å². The maximum atomic E-state index is 14.4. The monoisotopic (exact) mass is 548 g/mol. The number of anilines is 2. The Kier molecular flexibility index (Phi) is 6.22. The van der Waals surface area contributed by atoms with Crippen LogP contribution in [0.3, 0.4) is 0 Å². The number of urea groups is 1. The lowest BCUT2D eigenvalue weighted by Crippen LogP contribution is -2.51. The largest absolute Gasteiger partial charge is 0.327 e. The van der Waals surface area contributed by atoms with Gasteiger partial charge in [-0.1, -0.05) is 6.92 Å². The van der Waals surface area contributed by atoms with E-state index in [-0.39, 0.29) is 41.6 Å². The first-order valence-electron chi connectivity index (χ1n) is 13.1. The third kappa shape index (κ3) is 4.48. The van der Waals surface area contributed by atoms with Crippen molar-refractivity contribution in [2.24, 2.45) is 5.92 Å². The first-order chi connectivity index (χ1) is 18.6. The molecule has 10 nitrogen and oxygen atoms in total. The molecule has 4 heterocycles. The molecule has 2 saturated carbocycles. The molecule has 0 radical (unpaired) electrons. The Bertz CT molecular complexity index is 1410. The average molecular weight is 549 g/mol. The number of nitrogens with zero attached hydrogens (tertiary/aromatic N) is 6. The first kappa shape index (κ1) is 25.6. The van der Waals surface area contributed by atoms with Gasteiger partial charge in [0.05, 0.1) is 24.0 Å². The molecule has 2 aliphatic carbocycles. The number of fused-ring (bicyclic) bond motifs is 2. The highest BCUT2D eigenvalue weighted by molar-refractivity contribution is 6.08. The minimum atomic E-state index is -3.04. The smallest absolute Gasteiger partial charge is 0.323 e. The first-order valence-corrected chi connectivity index (χ1v) is 13.1. The Hall–Kier alpha value is -3.71. The van der Waals surface area contributed by atoms with E-state index in [2.05, 4.69) is 32.7 Å². The van der Waals surface area contributed by atoms with Gasteiger partial charge in [0.15, 0.2) is 11.3 Å². The third-order valence-corrected chi connectivity index (χ3v) is 8.10. The van der Waals surface area contributed by atoms with Crippen molar-refractivity contribution in [3.05, 3.63) is 35.9 Å². The zero-order valence-electron chi connectivity index (χ0n) is 21.2. The van der Waals surface area contributed by atoms with Crippen molar-refractivity contribution in [1.29, 1.82) is 0 Å². The molecule has 3 aliphatic rings. The van der Waals surface area contributed by atoms with E-state index in [0.717, 1.165) is 25.7 Å². The van der Waals surface area contributed by atoms with Gasteiger partial charge in [-0.2, -0.15) is 10.2 Å². The van der Waals surface area contributed by atoms with E-state index < -0.39 is 42.1 Å². The van der Waals surface area contributed by atoms with Crippen molar-refractivity contribution in [3.8, 4) is 0 Å². The summed E-state index contributed by atoms with van der Waals surface area (Å²) in [5.41, 5.74) is -0.599. The Labute approximate surface area is 220 Å². The average Bonchev–Trinajstić information content (AvgIpc) is 3.59. The molecule has 0 spiro atoms. The summed E-state index contributed by atoms with van der Waals surface area (Å²) < 4.78 is 59.3. The van der Waals surface area contributed by atoms with E-state index in [1.165, 1.54) is 38.8 Å². The van der Waals surface area contributed by atoms with Crippen LogP contribution in [0.25, 0.3) is 5.65 Å². The Morgan fingerprint density at radius 1 is 1.21 bits per heavy atom. The van der Waals surface area contributed by atoms with Crippen LogP contribution < -0.4 is 15.5 Å². The van der Waals surface area contributed by atoms with Crippen molar-refractivity contribution in [2.45, 2.75) is 82.3 Å². The molecule has 0 aromatic carbocycles. The van der Waals surface area contributed by atoms with Crippen molar-refractivity contribution in [3.63, 3.8) is 0 Å². The second-order valence-corrected chi connectivity index (χ2v) is 10.7. The number of carbonyl (C=O) groups excluding carboxylic acids is 2. The zero-order valence-corrected chi connectivity index (χ0v) is 21.2. The highest BCUT2D eigenvalue weighted by Gasteiger charge is 2.55. The molecule has 3 aromatic heterocycles. The number of hydrogen-bond donors (Lipinski definition) is 2. The van der Waals surface area contributed by atoms with Crippen LogP contribution in [0, 0.1) is 5.92 Å². The molecule has 3 fully saturated rings. The number of nitrogens with one attached hydrogen (secondary N) is 2. The Morgan fingerprint density at radius 3 is 2.72 bits per heavy atom. The molecule has 6 rings (SSSR count). The maximum Gasteiger partial charge on any atom is 0.323 e. The van der Waals surface area contributed by atoms with Gasteiger partial charge in [0.2, 0.25) is 0 Å². The normalized spacial score (nSPS) is 26.6. The standard InChI is InChI=1S/C25H28F4N8O2/c1-13-4-6-14(7-5-13)36-12-16(19(34-36)21(26)27)31-23(38)15-11-30-35-10-8-18(32-22(15)35)37-17-3-2-9-25(28,29)20(17)33-24(37)39/h8,10-14,17,20-21H,2-7,9H2,1H3,(H,31,38)(H,33,39)/t13-,14-,17-,20-/m1/s1. The van der Waals surface area contributed by atoms with Crippen molar-refractivity contribution in [2.75, 3.05) is 10.2 Å². The molecule has 14 heteroatoms. The van der Waals surface area contributed by atoms with Crippen LogP contribution in [-0.4, -0.2) is 54.3 Å². The number of amides is 3. The number of carbonyl (C=O) groups is 2. The summed E-state index contributed by atoms with van der Waals surface area (Å²) in [5, 5.41) is 13.1. The van der Waals surface area contributed by atoms with Crippen LogP contribution in [0.4, 0.5) is 33.9 Å². The van der Waals surface area contributed by atoms with Crippen LogP contribution in [0.15, 0.2) is 24.7 Å². The molecule has 1 saturated heterocycles. The Balaban J connectivity index is 1.28. The molecular formula is C25H28F4N8O2. The number of halogens is 4. The van der Waals surface area contributed by atoms with E-state index in [0.29, 0.717) is 12.3 Å². The van der Waals surface area contributed by atoms with Crippen LogP contribution >= 0.6 is 0 Å². The number of hydrogen-bond acceptors (Lipinski definition) is 5. The lowest BCUT2D eigenvalue weighted by Gasteiger charge is -2.34. The van der Waals surface area contributed by atoms with Gasteiger partial charge in [-0.05, 0) is 50.5 Å². The van der Waals surface area contributed by atoms with Gasteiger partial charge in [0.1, 0.15) is 17.4 Å². The van der Waals surface area contributed by atoms with Crippen molar-refractivity contribution < 1.29 is 27.2 Å². The van der Waals surface area contributed by atoms with Gasteiger partial charge in [-0.3, -0.25) is 14.4 Å².